The van der Waals surface area contributed by atoms with Crippen LogP contribution in [0.15, 0.2) is 48.5 Å². The van der Waals surface area contributed by atoms with Crippen LogP contribution >= 0.6 is 0 Å². The van der Waals surface area contributed by atoms with Crippen LogP contribution in [-0.2, 0) is 9.53 Å². The number of ether oxygens (including phenoxy) is 2. The quantitative estimate of drug-likeness (QED) is 0.398. The number of rotatable bonds is 9. The molecule has 0 saturated carbocycles. The molecule has 2 heterocycles. The molecule has 3 atom stereocenters. The summed E-state index contributed by atoms with van der Waals surface area (Å²) in [6.07, 6.45) is 2.24. The summed E-state index contributed by atoms with van der Waals surface area (Å²) >= 11 is 0. The zero-order valence-corrected chi connectivity index (χ0v) is 22.5. The standard InChI is InChI=1S/C29H38N4O5/c1-5-29(6-2)17-24(34)33(27(30)32-29)22(14-15-37-4)19-10-9-11-20(16-19)26(35)31-25-21-12-7-8-13-23(21)38-18-28(25,3)36/h7-13,16,22,25,36H,5-6,14-15,17-18H2,1-4H3,(H2,30,32)(H,31,35). The van der Waals surface area contributed by atoms with E-state index >= 15 is 0 Å². The second kappa shape index (κ2) is 11.1. The summed E-state index contributed by atoms with van der Waals surface area (Å²) in [5.41, 5.74) is 0.114. The van der Waals surface area contributed by atoms with Crippen molar-refractivity contribution in [2.45, 2.75) is 69.7 Å². The van der Waals surface area contributed by atoms with Gasteiger partial charge in [0, 0.05) is 30.4 Å². The van der Waals surface area contributed by atoms with Gasteiger partial charge >= 0.3 is 0 Å². The van der Waals surface area contributed by atoms with Crippen LogP contribution in [0, 0.1) is 5.41 Å². The highest BCUT2D eigenvalue weighted by Gasteiger charge is 2.43. The lowest BCUT2D eigenvalue weighted by Crippen LogP contribution is -2.62. The highest BCUT2D eigenvalue weighted by molar-refractivity contribution is 6.00. The summed E-state index contributed by atoms with van der Waals surface area (Å²) in [6.45, 7) is 6.11. The van der Waals surface area contributed by atoms with Gasteiger partial charge in [-0.05, 0) is 49.9 Å². The Morgan fingerprint density at radius 2 is 2.00 bits per heavy atom. The fourth-order valence-electron chi connectivity index (χ4n) is 5.36. The predicted molar refractivity (Wildman–Crippen MR) is 144 cm³/mol. The molecule has 4 rings (SSSR count). The maximum Gasteiger partial charge on any atom is 0.251 e. The average Bonchev–Trinajstić information content (AvgIpc) is 2.91. The van der Waals surface area contributed by atoms with Crippen LogP contribution in [-0.4, -0.2) is 59.2 Å². The largest absolute Gasteiger partial charge is 0.490 e. The van der Waals surface area contributed by atoms with Crippen LogP contribution in [0.3, 0.4) is 0 Å². The Morgan fingerprint density at radius 3 is 2.68 bits per heavy atom. The second-order valence-electron chi connectivity index (χ2n) is 10.4. The Balaban J connectivity index is 1.61. The molecule has 9 nitrogen and oxygen atoms in total. The minimum absolute atomic E-state index is 0.0529. The Bertz CT molecular complexity index is 1170. The first-order valence-electron chi connectivity index (χ1n) is 13.2. The molecule has 2 aliphatic rings. The molecule has 0 spiro atoms. The van der Waals surface area contributed by atoms with Gasteiger partial charge in [-0.1, -0.05) is 44.2 Å². The molecule has 2 amide bonds. The molecule has 0 aliphatic carbocycles. The van der Waals surface area contributed by atoms with Gasteiger partial charge in [0.05, 0.1) is 18.5 Å². The fraction of sp³-hybridized carbons (Fsp3) is 0.483. The number of nitrogens with zero attached hydrogens (tertiary/aromatic N) is 1. The number of nitrogens with one attached hydrogen (secondary N) is 3. The van der Waals surface area contributed by atoms with Crippen molar-refractivity contribution in [2.24, 2.45) is 0 Å². The summed E-state index contributed by atoms with van der Waals surface area (Å²) in [5, 5.41) is 26.0. The molecular formula is C29H38N4O5. The maximum absolute atomic E-state index is 13.4. The molecule has 9 heteroatoms. The monoisotopic (exact) mass is 522 g/mol. The molecule has 204 valence electrons. The zero-order chi connectivity index (χ0) is 27.5. The third-order valence-electron chi connectivity index (χ3n) is 7.82. The van der Waals surface area contributed by atoms with Crippen molar-refractivity contribution in [1.82, 2.24) is 15.5 Å². The number of aliphatic hydroxyl groups is 1. The molecule has 4 N–H and O–H groups in total. The Kier molecular flexibility index (Phi) is 8.08. The van der Waals surface area contributed by atoms with Gasteiger partial charge in [0.25, 0.3) is 5.91 Å². The smallest absolute Gasteiger partial charge is 0.251 e. The van der Waals surface area contributed by atoms with Crippen LogP contribution in [0.5, 0.6) is 5.75 Å². The summed E-state index contributed by atoms with van der Waals surface area (Å²) in [4.78, 5) is 28.3. The van der Waals surface area contributed by atoms with E-state index in [1.807, 2.05) is 44.2 Å². The van der Waals surface area contributed by atoms with Crippen molar-refractivity contribution in [3.05, 3.63) is 65.2 Å². The number of fused-ring (bicyclic) bond motifs is 1. The molecule has 1 fully saturated rings. The van der Waals surface area contributed by atoms with Gasteiger partial charge in [-0.15, -0.1) is 0 Å². The van der Waals surface area contributed by atoms with Crippen LogP contribution in [0.4, 0.5) is 0 Å². The average molecular weight is 523 g/mol. The lowest BCUT2D eigenvalue weighted by Gasteiger charge is -2.45. The van der Waals surface area contributed by atoms with E-state index in [1.54, 1.807) is 32.2 Å². The first-order chi connectivity index (χ1) is 18.1. The Hall–Kier alpha value is -3.43. The molecule has 2 aliphatic heterocycles. The summed E-state index contributed by atoms with van der Waals surface area (Å²) in [7, 11) is 1.60. The molecule has 0 aromatic heterocycles. The minimum Gasteiger partial charge on any atom is -0.490 e. The number of amides is 2. The van der Waals surface area contributed by atoms with Gasteiger partial charge in [0.1, 0.15) is 18.0 Å². The van der Waals surface area contributed by atoms with Crippen LogP contribution in [0.25, 0.3) is 0 Å². The van der Waals surface area contributed by atoms with E-state index in [2.05, 4.69) is 10.6 Å². The van der Waals surface area contributed by atoms with Gasteiger partial charge < -0.3 is 25.2 Å². The lowest BCUT2D eigenvalue weighted by molar-refractivity contribution is -0.133. The second-order valence-corrected chi connectivity index (χ2v) is 10.4. The van der Waals surface area contributed by atoms with Crippen molar-refractivity contribution in [2.75, 3.05) is 20.3 Å². The predicted octanol–water partition coefficient (Wildman–Crippen LogP) is 3.69. The number of para-hydroxylation sites is 1. The van der Waals surface area contributed by atoms with Crippen LogP contribution < -0.4 is 15.4 Å². The molecule has 0 radical (unpaired) electrons. The number of methoxy groups -OCH3 is 1. The molecule has 38 heavy (non-hydrogen) atoms. The van der Waals surface area contributed by atoms with Gasteiger partial charge in [-0.25, -0.2) is 0 Å². The first kappa shape index (κ1) is 27.6. The third-order valence-corrected chi connectivity index (χ3v) is 7.82. The van der Waals surface area contributed by atoms with Crippen molar-refractivity contribution in [1.29, 1.82) is 5.41 Å². The van der Waals surface area contributed by atoms with E-state index in [4.69, 9.17) is 14.9 Å². The molecule has 0 bridgehead atoms. The molecule has 2 aromatic carbocycles. The van der Waals surface area contributed by atoms with Crippen LogP contribution in [0.1, 0.15) is 80.0 Å². The number of hydrogen-bond donors (Lipinski definition) is 4. The maximum atomic E-state index is 13.4. The lowest BCUT2D eigenvalue weighted by atomic mass is 9.86. The van der Waals surface area contributed by atoms with Gasteiger partial charge in [-0.3, -0.25) is 19.9 Å². The van der Waals surface area contributed by atoms with Crippen molar-refractivity contribution < 1.29 is 24.2 Å². The normalized spacial score (nSPS) is 23.2. The van der Waals surface area contributed by atoms with Gasteiger partial charge in [0.2, 0.25) is 5.91 Å². The zero-order valence-electron chi connectivity index (χ0n) is 22.5. The molecule has 3 unspecified atom stereocenters. The van der Waals surface area contributed by atoms with Gasteiger partial charge in [-0.2, -0.15) is 0 Å². The highest BCUT2D eigenvalue weighted by atomic mass is 16.5. The summed E-state index contributed by atoms with van der Waals surface area (Å²) in [5.74, 6) is 0.218. The van der Waals surface area contributed by atoms with Gasteiger partial charge in [0.15, 0.2) is 5.96 Å². The molecule has 2 aromatic rings. The number of carbonyl (C=O) groups is 2. The minimum atomic E-state index is -1.30. The van der Waals surface area contributed by atoms with E-state index in [-0.39, 0.29) is 24.4 Å². The summed E-state index contributed by atoms with van der Waals surface area (Å²) < 4.78 is 11.0. The summed E-state index contributed by atoms with van der Waals surface area (Å²) in [6, 6.07) is 13.3. The number of guanidine groups is 1. The van der Waals surface area contributed by atoms with E-state index < -0.39 is 23.2 Å². The number of carbonyl (C=O) groups excluding carboxylic acids is 2. The van der Waals surface area contributed by atoms with Crippen molar-refractivity contribution >= 4 is 17.8 Å². The van der Waals surface area contributed by atoms with E-state index in [0.29, 0.717) is 36.3 Å². The van der Waals surface area contributed by atoms with E-state index in [9.17, 15) is 14.7 Å². The number of hydrogen-bond acceptors (Lipinski definition) is 6. The highest BCUT2D eigenvalue weighted by Crippen LogP contribution is 2.38. The first-order valence-corrected chi connectivity index (χ1v) is 13.2. The fourth-order valence-corrected chi connectivity index (χ4v) is 5.36. The number of benzene rings is 2. The van der Waals surface area contributed by atoms with Crippen molar-refractivity contribution in [3.63, 3.8) is 0 Å². The van der Waals surface area contributed by atoms with E-state index in [1.165, 1.54) is 4.90 Å². The van der Waals surface area contributed by atoms with Crippen LogP contribution in [0.2, 0.25) is 0 Å². The molecule has 1 saturated heterocycles. The SMILES string of the molecule is CCC1(CC)CC(=O)N(C(CCOC)c2cccc(C(=O)NC3c4ccccc4OCC3(C)O)c2)C(=N)N1. The Labute approximate surface area is 224 Å². The van der Waals surface area contributed by atoms with Crippen molar-refractivity contribution in [3.8, 4) is 5.75 Å². The molecular weight excluding hydrogens is 484 g/mol. The topological polar surface area (TPSA) is 124 Å². The third kappa shape index (κ3) is 5.39. The Morgan fingerprint density at radius 1 is 1.26 bits per heavy atom. The van der Waals surface area contributed by atoms with E-state index in [0.717, 1.165) is 18.4 Å².